The third kappa shape index (κ3) is 4.68. The molecule has 1 saturated carbocycles. The van der Waals surface area contributed by atoms with Gasteiger partial charge in [-0.05, 0) is 56.4 Å². The summed E-state index contributed by atoms with van der Waals surface area (Å²) in [4.78, 5) is 22.0. The zero-order valence-electron chi connectivity index (χ0n) is 16.7. The molecule has 0 spiro atoms. The van der Waals surface area contributed by atoms with Gasteiger partial charge in [-0.15, -0.1) is 0 Å². The summed E-state index contributed by atoms with van der Waals surface area (Å²) in [6.07, 6.45) is 5.78. The van der Waals surface area contributed by atoms with Gasteiger partial charge in [-0.1, -0.05) is 6.42 Å². The van der Waals surface area contributed by atoms with Crippen LogP contribution in [0.2, 0.25) is 0 Å². The van der Waals surface area contributed by atoms with Gasteiger partial charge in [0.2, 0.25) is 5.95 Å². The quantitative estimate of drug-likeness (QED) is 0.761. The van der Waals surface area contributed by atoms with E-state index in [-0.39, 0.29) is 23.7 Å². The van der Waals surface area contributed by atoms with Gasteiger partial charge in [0.1, 0.15) is 5.82 Å². The lowest BCUT2D eigenvalue weighted by Gasteiger charge is -2.34. The molecule has 1 aliphatic heterocycles. The highest BCUT2D eigenvalue weighted by molar-refractivity contribution is 5.70. The van der Waals surface area contributed by atoms with Crippen molar-refractivity contribution in [3.05, 3.63) is 47.8 Å². The minimum Gasteiger partial charge on any atom is -0.481 e. The van der Waals surface area contributed by atoms with E-state index in [0.29, 0.717) is 31.0 Å². The third-order valence-electron chi connectivity index (χ3n) is 6.13. The first-order chi connectivity index (χ1) is 14.5. The lowest BCUT2D eigenvalue weighted by atomic mass is 9.86. The highest BCUT2D eigenvalue weighted by Gasteiger charge is 2.29. The van der Waals surface area contributed by atoms with Gasteiger partial charge in [-0.25, -0.2) is 18.7 Å². The third-order valence-corrected chi connectivity index (χ3v) is 6.13. The Hall–Kier alpha value is -2.77. The number of carbonyl (C=O) groups is 1. The molecule has 1 aromatic carbocycles. The van der Waals surface area contributed by atoms with Crippen LogP contribution in [-0.2, 0) is 4.79 Å². The molecule has 4 rings (SSSR count). The predicted octanol–water partition coefficient (Wildman–Crippen LogP) is 4.19. The number of nitrogens with one attached hydrogen (secondary N) is 1. The first kappa shape index (κ1) is 20.5. The van der Waals surface area contributed by atoms with E-state index in [1.54, 1.807) is 12.1 Å². The molecule has 30 heavy (non-hydrogen) atoms. The molecule has 2 fully saturated rings. The Labute approximate surface area is 174 Å². The van der Waals surface area contributed by atoms with Crippen LogP contribution in [0.4, 0.5) is 20.4 Å². The van der Waals surface area contributed by atoms with Crippen LogP contribution in [0, 0.1) is 17.6 Å². The maximum atomic E-state index is 14.6. The van der Waals surface area contributed by atoms with Gasteiger partial charge in [-0.3, -0.25) is 4.79 Å². The summed E-state index contributed by atoms with van der Waals surface area (Å²) >= 11 is 0. The van der Waals surface area contributed by atoms with Crippen molar-refractivity contribution in [3.63, 3.8) is 0 Å². The van der Waals surface area contributed by atoms with Gasteiger partial charge >= 0.3 is 5.97 Å². The van der Waals surface area contributed by atoms with Crippen LogP contribution in [0.25, 0.3) is 0 Å². The first-order valence-electron chi connectivity index (χ1n) is 10.5. The molecule has 2 heterocycles. The van der Waals surface area contributed by atoms with Crippen molar-refractivity contribution in [2.75, 3.05) is 23.3 Å². The van der Waals surface area contributed by atoms with Gasteiger partial charge in [0.05, 0.1) is 17.8 Å². The molecule has 8 heteroatoms. The van der Waals surface area contributed by atoms with Crippen molar-refractivity contribution >= 4 is 17.6 Å². The fourth-order valence-corrected chi connectivity index (χ4v) is 4.55. The Bertz CT molecular complexity index is 893. The van der Waals surface area contributed by atoms with Crippen LogP contribution >= 0.6 is 0 Å². The summed E-state index contributed by atoms with van der Waals surface area (Å²) in [6, 6.07) is 6.31. The second-order valence-electron chi connectivity index (χ2n) is 8.23. The topological polar surface area (TPSA) is 78.3 Å². The average Bonchev–Trinajstić information content (AvgIpc) is 2.76. The number of aromatic nitrogens is 2. The van der Waals surface area contributed by atoms with E-state index in [0.717, 1.165) is 37.9 Å². The van der Waals surface area contributed by atoms with E-state index in [4.69, 9.17) is 0 Å². The summed E-state index contributed by atoms with van der Waals surface area (Å²) in [5.41, 5.74) is 1.29. The van der Waals surface area contributed by atoms with Crippen LogP contribution in [0.5, 0.6) is 0 Å². The van der Waals surface area contributed by atoms with Crippen LogP contribution in [0.3, 0.4) is 0 Å². The molecule has 2 N–H and O–H groups in total. The molecule has 1 unspecified atom stereocenters. The first-order valence-corrected chi connectivity index (χ1v) is 10.5. The molecule has 0 amide bonds. The monoisotopic (exact) mass is 416 g/mol. The zero-order chi connectivity index (χ0) is 21.1. The van der Waals surface area contributed by atoms with Crippen LogP contribution in [-0.4, -0.2) is 40.2 Å². The second kappa shape index (κ2) is 8.93. The van der Waals surface area contributed by atoms with Crippen molar-refractivity contribution in [1.29, 1.82) is 0 Å². The molecular weight excluding hydrogens is 390 g/mol. The molecule has 0 radical (unpaired) electrons. The number of piperidine rings is 1. The number of hydrogen-bond acceptors (Lipinski definition) is 5. The van der Waals surface area contributed by atoms with E-state index in [1.165, 1.54) is 18.3 Å². The van der Waals surface area contributed by atoms with Gasteiger partial charge in [0.25, 0.3) is 0 Å². The number of aliphatic carboxylic acids is 1. The van der Waals surface area contributed by atoms with Crippen LogP contribution in [0.1, 0.15) is 50.1 Å². The fraction of sp³-hybridized carbons (Fsp3) is 0.500. The molecule has 1 aliphatic carbocycles. The Balaban J connectivity index is 1.47. The van der Waals surface area contributed by atoms with Crippen molar-refractivity contribution < 1.29 is 18.7 Å². The fourth-order valence-electron chi connectivity index (χ4n) is 4.55. The zero-order valence-corrected chi connectivity index (χ0v) is 16.7. The minimum atomic E-state index is -0.773. The molecule has 1 aromatic heterocycles. The van der Waals surface area contributed by atoms with E-state index < -0.39 is 11.8 Å². The maximum absolute atomic E-state index is 14.6. The van der Waals surface area contributed by atoms with Gasteiger partial charge in [0.15, 0.2) is 5.82 Å². The molecule has 160 valence electrons. The van der Waals surface area contributed by atoms with E-state index in [9.17, 15) is 18.7 Å². The number of nitrogens with zero attached hydrogens (tertiary/aromatic N) is 3. The van der Waals surface area contributed by atoms with E-state index in [2.05, 4.69) is 20.2 Å². The summed E-state index contributed by atoms with van der Waals surface area (Å²) in [5, 5.41) is 12.5. The van der Waals surface area contributed by atoms with Crippen molar-refractivity contribution in [2.45, 2.75) is 50.5 Å². The maximum Gasteiger partial charge on any atom is 0.306 e. The molecule has 2 aliphatic rings. The SMILES string of the molecule is O=C(O)[C@@H]1CCC[C@H](Nc2ncc(F)c(C3CCCN(c4ccc(F)cc4)C3)n2)C1. The number of halogens is 2. The predicted molar refractivity (Wildman–Crippen MR) is 110 cm³/mol. The Morgan fingerprint density at radius 1 is 1.13 bits per heavy atom. The molecule has 6 nitrogen and oxygen atoms in total. The Morgan fingerprint density at radius 2 is 1.93 bits per heavy atom. The van der Waals surface area contributed by atoms with Crippen LogP contribution in [0.15, 0.2) is 30.5 Å². The average molecular weight is 416 g/mol. The lowest BCUT2D eigenvalue weighted by Crippen LogP contribution is -2.35. The minimum absolute atomic E-state index is 0.0276. The van der Waals surface area contributed by atoms with Crippen molar-refractivity contribution in [2.24, 2.45) is 5.92 Å². The lowest BCUT2D eigenvalue weighted by molar-refractivity contribution is -0.142. The summed E-state index contributed by atoms with van der Waals surface area (Å²) in [5.74, 6) is -1.59. The Morgan fingerprint density at radius 3 is 2.70 bits per heavy atom. The Kier molecular flexibility index (Phi) is 6.11. The number of rotatable bonds is 5. The molecule has 1 saturated heterocycles. The highest BCUT2D eigenvalue weighted by Crippen LogP contribution is 2.31. The molecule has 3 atom stereocenters. The summed E-state index contributed by atoms with van der Waals surface area (Å²) < 4.78 is 27.8. The van der Waals surface area contributed by atoms with Crippen molar-refractivity contribution in [3.8, 4) is 0 Å². The van der Waals surface area contributed by atoms with E-state index >= 15 is 0 Å². The highest BCUT2D eigenvalue weighted by atomic mass is 19.1. The van der Waals surface area contributed by atoms with E-state index in [1.807, 2.05) is 0 Å². The second-order valence-corrected chi connectivity index (χ2v) is 8.23. The number of anilines is 2. The van der Waals surface area contributed by atoms with Gasteiger partial charge in [-0.2, -0.15) is 0 Å². The standard InChI is InChI=1S/C22H26F2N4O2/c23-16-6-8-18(9-7-16)28-10-2-4-15(13-28)20-19(24)12-25-22(27-20)26-17-5-1-3-14(11-17)21(29)30/h6-9,12,14-15,17H,1-5,10-11,13H2,(H,29,30)(H,25,26,27)/t14-,15?,17+/m1/s1. The largest absolute Gasteiger partial charge is 0.481 e. The number of benzene rings is 1. The molecular formula is C22H26F2N4O2. The summed E-state index contributed by atoms with van der Waals surface area (Å²) in [6.45, 7) is 1.43. The molecule has 2 aromatic rings. The number of hydrogen-bond donors (Lipinski definition) is 2. The van der Waals surface area contributed by atoms with Gasteiger partial charge in [0, 0.05) is 30.7 Å². The summed E-state index contributed by atoms with van der Waals surface area (Å²) in [7, 11) is 0. The number of carboxylic acid groups (broad SMARTS) is 1. The van der Waals surface area contributed by atoms with Crippen LogP contribution < -0.4 is 10.2 Å². The van der Waals surface area contributed by atoms with Gasteiger partial charge < -0.3 is 15.3 Å². The molecule has 0 bridgehead atoms. The van der Waals surface area contributed by atoms with Crippen molar-refractivity contribution in [1.82, 2.24) is 9.97 Å². The number of carboxylic acids is 1. The smallest absolute Gasteiger partial charge is 0.306 e. The normalized spacial score (nSPS) is 24.5.